The van der Waals surface area contributed by atoms with Crippen LogP contribution in [-0.2, 0) is 15.0 Å². The molecule has 2 aromatic rings. The molecule has 2 aromatic carbocycles. The lowest BCUT2D eigenvalue weighted by molar-refractivity contribution is -0.136. The van der Waals surface area contributed by atoms with Gasteiger partial charge in [0.15, 0.2) is 0 Å². The summed E-state index contributed by atoms with van der Waals surface area (Å²) < 4.78 is 0. The van der Waals surface area contributed by atoms with E-state index in [1.165, 1.54) is 0 Å². The molecule has 2 fully saturated rings. The number of carbonyl (C=O) groups excluding carboxylic acids is 2. The van der Waals surface area contributed by atoms with Crippen molar-refractivity contribution in [2.75, 3.05) is 7.05 Å². The molecule has 4 nitrogen and oxygen atoms in total. The summed E-state index contributed by atoms with van der Waals surface area (Å²) in [7, 11) is 1.60. The third-order valence-corrected chi connectivity index (χ3v) is 6.24. The number of fused-ring (bicyclic) bond motifs is 1. The van der Waals surface area contributed by atoms with E-state index in [1.54, 1.807) is 7.05 Å². The Labute approximate surface area is 154 Å². The molecule has 0 saturated heterocycles. The van der Waals surface area contributed by atoms with Gasteiger partial charge in [-0.3, -0.25) is 9.59 Å². The van der Waals surface area contributed by atoms with Gasteiger partial charge < -0.3 is 10.6 Å². The molecule has 2 aliphatic carbocycles. The van der Waals surface area contributed by atoms with E-state index in [2.05, 4.69) is 17.6 Å². The molecule has 2 aliphatic rings. The number of carbonyl (C=O) groups is 2. The zero-order chi connectivity index (χ0) is 18.4. The van der Waals surface area contributed by atoms with Crippen LogP contribution in [0.15, 0.2) is 60.7 Å². The van der Waals surface area contributed by atoms with E-state index in [0.29, 0.717) is 5.92 Å². The maximum absolute atomic E-state index is 13.4. The summed E-state index contributed by atoms with van der Waals surface area (Å²) >= 11 is 0. The molecule has 26 heavy (non-hydrogen) atoms. The topological polar surface area (TPSA) is 58.2 Å². The van der Waals surface area contributed by atoms with E-state index in [-0.39, 0.29) is 17.2 Å². The molecule has 0 heterocycles. The van der Waals surface area contributed by atoms with Crippen molar-refractivity contribution in [3.63, 3.8) is 0 Å². The lowest BCUT2D eigenvalue weighted by atomic mass is 9.58. The number of nitrogens with one attached hydrogen (secondary N) is 2. The normalized spacial score (nSPS) is 29.7. The van der Waals surface area contributed by atoms with Gasteiger partial charge in [0, 0.05) is 7.05 Å². The summed E-state index contributed by atoms with van der Waals surface area (Å²) in [5, 5.41) is 5.72. The molecular formula is C22H24N2O2. The Morgan fingerprint density at radius 2 is 1.65 bits per heavy atom. The van der Waals surface area contributed by atoms with Crippen LogP contribution in [-0.4, -0.2) is 18.9 Å². The highest BCUT2D eigenvalue weighted by Gasteiger charge is 2.75. The van der Waals surface area contributed by atoms with E-state index in [4.69, 9.17) is 0 Å². The van der Waals surface area contributed by atoms with Crippen molar-refractivity contribution in [3.05, 3.63) is 71.8 Å². The fourth-order valence-electron chi connectivity index (χ4n) is 4.76. The van der Waals surface area contributed by atoms with Crippen molar-refractivity contribution in [3.8, 4) is 0 Å². The largest absolute Gasteiger partial charge is 0.357 e. The summed E-state index contributed by atoms with van der Waals surface area (Å²) in [5.41, 5.74) is 1.61. The number of likely N-dealkylation sites (N-methyl/N-ethyl adjacent to an activating group) is 1. The Bertz CT molecular complexity index is 836. The molecule has 4 rings (SSSR count). The first-order valence-corrected chi connectivity index (χ1v) is 9.14. The van der Waals surface area contributed by atoms with Gasteiger partial charge in [0.2, 0.25) is 11.8 Å². The zero-order valence-corrected chi connectivity index (χ0v) is 15.2. The molecule has 0 radical (unpaired) electrons. The standard InChI is InChI=1S/C22H24N2O2/c1-21-13-17(21)22(14-21,16-11-7-4-8-12-16)20(26)24-18(19(25)23-2)15-9-5-3-6-10-15/h3-12,17-18H,13-14H2,1-2H3,(H,23,25)(H,24,26)/t17?,18?,21-,22?/m0/s1. The highest BCUT2D eigenvalue weighted by molar-refractivity contribution is 5.95. The Balaban J connectivity index is 1.65. The van der Waals surface area contributed by atoms with E-state index >= 15 is 0 Å². The summed E-state index contributed by atoms with van der Waals surface area (Å²) in [6, 6.07) is 18.7. The Kier molecular flexibility index (Phi) is 3.87. The number of hydrogen-bond acceptors (Lipinski definition) is 2. The Morgan fingerprint density at radius 3 is 2.15 bits per heavy atom. The van der Waals surface area contributed by atoms with Gasteiger partial charge in [0.05, 0.1) is 5.41 Å². The fraction of sp³-hybridized carbons (Fsp3) is 0.364. The first-order valence-electron chi connectivity index (χ1n) is 9.14. The lowest BCUT2D eigenvalue weighted by Crippen LogP contribution is -2.56. The zero-order valence-electron chi connectivity index (χ0n) is 15.2. The van der Waals surface area contributed by atoms with Gasteiger partial charge in [-0.25, -0.2) is 0 Å². The molecular weight excluding hydrogens is 324 g/mol. The molecule has 4 heteroatoms. The summed E-state index contributed by atoms with van der Waals surface area (Å²) in [5.74, 6) is 0.116. The highest BCUT2D eigenvalue weighted by Crippen LogP contribution is 2.76. The van der Waals surface area contributed by atoms with E-state index < -0.39 is 11.5 Å². The van der Waals surface area contributed by atoms with Crippen LogP contribution in [0.1, 0.15) is 36.9 Å². The molecule has 0 aromatic heterocycles. The van der Waals surface area contributed by atoms with Crippen LogP contribution in [0, 0.1) is 11.3 Å². The average molecular weight is 348 g/mol. The van der Waals surface area contributed by atoms with E-state index in [0.717, 1.165) is 24.0 Å². The predicted octanol–water partition coefficient (Wildman–Crippen LogP) is 2.96. The minimum atomic E-state index is -0.681. The maximum Gasteiger partial charge on any atom is 0.246 e. The van der Waals surface area contributed by atoms with Crippen molar-refractivity contribution >= 4 is 11.8 Å². The van der Waals surface area contributed by atoms with E-state index in [9.17, 15) is 9.59 Å². The van der Waals surface area contributed by atoms with Crippen molar-refractivity contribution < 1.29 is 9.59 Å². The monoisotopic (exact) mass is 348 g/mol. The molecule has 2 amide bonds. The van der Waals surface area contributed by atoms with Gasteiger partial charge in [-0.05, 0) is 35.3 Å². The second-order valence-corrected chi connectivity index (χ2v) is 7.86. The molecule has 2 saturated carbocycles. The molecule has 0 aliphatic heterocycles. The van der Waals surface area contributed by atoms with E-state index in [1.807, 2.05) is 60.7 Å². The Hall–Kier alpha value is -2.62. The molecule has 0 spiro atoms. The van der Waals surface area contributed by atoms with Crippen molar-refractivity contribution in [2.45, 2.75) is 31.2 Å². The predicted molar refractivity (Wildman–Crippen MR) is 100 cm³/mol. The van der Waals surface area contributed by atoms with Crippen LogP contribution in [0.25, 0.3) is 0 Å². The SMILES string of the molecule is CNC(=O)C(NC(=O)C1(c2ccccc2)C[C@]2(C)CC12)c1ccccc1. The van der Waals surface area contributed by atoms with Gasteiger partial charge in [0.25, 0.3) is 0 Å². The summed E-state index contributed by atoms with van der Waals surface area (Å²) in [4.78, 5) is 25.9. The van der Waals surface area contributed by atoms with Gasteiger partial charge in [-0.15, -0.1) is 0 Å². The van der Waals surface area contributed by atoms with Gasteiger partial charge in [-0.1, -0.05) is 67.6 Å². The van der Waals surface area contributed by atoms with Gasteiger partial charge >= 0.3 is 0 Å². The molecule has 134 valence electrons. The van der Waals surface area contributed by atoms with Crippen LogP contribution in [0.2, 0.25) is 0 Å². The highest BCUT2D eigenvalue weighted by atomic mass is 16.2. The number of hydrogen-bond donors (Lipinski definition) is 2. The third kappa shape index (κ3) is 2.44. The molecule has 4 atom stereocenters. The second kappa shape index (κ2) is 5.97. The molecule has 2 N–H and O–H groups in total. The summed E-state index contributed by atoms with van der Waals surface area (Å²) in [6.45, 7) is 2.25. The number of rotatable bonds is 5. The second-order valence-electron chi connectivity index (χ2n) is 7.86. The Morgan fingerprint density at radius 1 is 1.04 bits per heavy atom. The van der Waals surface area contributed by atoms with Crippen LogP contribution >= 0.6 is 0 Å². The average Bonchev–Trinajstić information content (AvgIpc) is 3.24. The lowest BCUT2D eigenvalue weighted by Gasteiger charge is -2.45. The molecule has 3 unspecified atom stereocenters. The van der Waals surface area contributed by atoms with Crippen LogP contribution < -0.4 is 10.6 Å². The first-order chi connectivity index (χ1) is 12.5. The van der Waals surface area contributed by atoms with Crippen molar-refractivity contribution in [2.24, 2.45) is 11.3 Å². The van der Waals surface area contributed by atoms with Crippen LogP contribution in [0.4, 0.5) is 0 Å². The van der Waals surface area contributed by atoms with Crippen LogP contribution in [0.3, 0.4) is 0 Å². The minimum Gasteiger partial charge on any atom is -0.357 e. The first kappa shape index (κ1) is 16.8. The van der Waals surface area contributed by atoms with Gasteiger partial charge in [0.1, 0.15) is 6.04 Å². The maximum atomic E-state index is 13.4. The number of amides is 2. The van der Waals surface area contributed by atoms with Crippen molar-refractivity contribution in [1.29, 1.82) is 0 Å². The van der Waals surface area contributed by atoms with Crippen LogP contribution in [0.5, 0.6) is 0 Å². The van der Waals surface area contributed by atoms with Crippen molar-refractivity contribution in [1.82, 2.24) is 10.6 Å². The quantitative estimate of drug-likeness (QED) is 0.873. The summed E-state index contributed by atoms with van der Waals surface area (Å²) in [6.07, 6.45) is 1.92. The fourth-order valence-corrected chi connectivity index (χ4v) is 4.76. The third-order valence-electron chi connectivity index (χ3n) is 6.24. The number of benzene rings is 2. The molecule has 0 bridgehead atoms. The van der Waals surface area contributed by atoms with Gasteiger partial charge in [-0.2, -0.15) is 0 Å². The smallest absolute Gasteiger partial charge is 0.246 e. The minimum absolute atomic E-state index is 0.0406.